The van der Waals surface area contributed by atoms with E-state index in [1.54, 1.807) is 0 Å². The zero-order chi connectivity index (χ0) is 15.6. The molecule has 0 atom stereocenters. The third-order valence-corrected chi connectivity index (χ3v) is 3.26. The van der Waals surface area contributed by atoms with Crippen molar-refractivity contribution in [2.75, 3.05) is 6.61 Å². The normalized spacial score (nSPS) is 10.7. The molecule has 0 aromatic rings. The second kappa shape index (κ2) is 17.2. The Balaban J connectivity index is 2.95. The Morgan fingerprint density at radius 3 is 1.71 bits per heavy atom. The van der Waals surface area contributed by atoms with E-state index in [9.17, 15) is 4.79 Å². The fraction of sp³-hybridized carbons (Fsp3) is 0.933. The Morgan fingerprint density at radius 2 is 1.24 bits per heavy atom. The summed E-state index contributed by atoms with van der Waals surface area (Å²) in [5, 5.41) is 15.9. The molecule has 0 aliphatic heterocycles. The van der Waals surface area contributed by atoms with Crippen LogP contribution in [0, 0.1) is 0 Å². The monoisotopic (exact) mass is 306 g/mol. The largest absolute Gasteiger partial charge is 0.540 e. The molecule has 0 amide bonds. The summed E-state index contributed by atoms with van der Waals surface area (Å²) in [4.78, 5) is 18.1. The van der Waals surface area contributed by atoms with Crippen LogP contribution in [0.25, 0.3) is 0 Å². The summed E-state index contributed by atoms with van der Waals surface area (Å²) in [7, 11) is 0. The van der Waals surface area contributed by atoms with Gasteiger partial charge < -0.3 is 5.11 Å². The molecule has 0 aromatic carbocycles. The number of carboxylic acid groups (broad SMARTS) is 1. The summed E-state index contributed by atoms with van der Waals surface area (Å²) in [5.74, 6) is 0. The molecule has 0 bridgehead atoms. The quantitative estimate of drug-likeness (QED) is 0.241. The molecule has 0 saturated carbocycles. The summed E-state index contributed by atoms with van der Waals surface area (Å²) < 4.78 is 0. The second-order valence-electron chi connectivity index (χ2n) is 5.20. The van der Waals surface area contributed by atoms with Crippen LogP contribution in [0.4, 0.5) is 4.79 Å². The zero-order valence-electron chi connectivity index (χ0n) is 13.2. The third-order valence-electron chi connectivity index (χ3n) is 3.26. The highest BCUT2D eigenvalue weighted by molar-refractivity contribution is 5.55. The molecule has 0 radical (unpaired) electrons. The fourth-order valence-electron chi connectivity index (χ4n) is 2.10. The van der Waals surface area contributed by atoms with Crippen LogP contribution in [-0.4, -0.2) is 17.9 Å². The van der Waals surface area contributed by atoms with E-state index in [0.717, 1.165) is 12.8 Å². The van der Waals surface area contributed by atoms with Gasteiger partial charge >= 0.3 is 6.16 Å². The van der Waals surface area contributed by atoms with Gasteiger partial charge in [0.25, 0.3) is 0 Å². The van der Waals surface area contributed by atoms with E-state index in [1.807, 2.05) is 0 Å². The first-order valence-corrected chi connectivity index (χ1v) is 8.13. The van der Waals surface area contributed by atoms with E-state index >= 15 is 0 Å². The fourth-order valence-corrected chi connectivity index (χ4v) is 2.10. The number of carbonyl (C=O) groups is 1. The first kappa shape index (κ1) is 20.1. The molecule has 0 aliphatic rings. The van der Waals surface area contributed by atoms with Gasteiger partial charge in [-0.3, -0.25) is 0 Å². The lowest BCUT2D eigenvalue weighted by Crippen LogP contribution is -2.04. The van der Waals surface area contributed by atoms with Gasteiger partial charge in [0.1, 0.15) is 0 Å². The molecule has 0 aliphatic carbocycles. The Kier molecular flexibility index (Phi) is 16.5. The van der Waals surface area contributed by atoms with Crippen LogP contribution in [0.5, 0.6) is 0 Å². The van der Waals surface area contributed by atoms with Gasteiger partial charge in [-0.1, -0.05) is 77.6 Å². The Hall–Kier alpha value is -0.850. The van der Waals surface area contributed by atoms with Crippen molar-refractivity contribution in [1.29, 1.82) is 0 Å². The Morgan fingerprint density at radius 1 is 0.762 bits per heavy atom. The van der Waals surface area contributed by atoms with Gasteiger partial charge in [-0.15, -0.1) is 0 Å². The van der Waals surface area contributed by atoms with Crippen molar-refractivity contribution in [3.05, 3.63) is 0 Å². The van der Waals surface area contributed by atoms with Gasteiger partial charge in [-0.2, -0.15) is 0 Å². The summed E-state index contributed by atoms with van der Waals surface area (Å²) in [6.07, 6.45) is 13.6. The highest BCUT2D eigenvalue weighted by atomic mass is 17.7. The van der Waals surface area contributed by atoms with Gasteiger partial charge in [0.05, 0.1) is 6.61 Å². The average Bonchev–Trinajstić information content (AvgIpc) is 2.46. The molecule has 6 nitrogen and oxygen atoms in total. The SMILES string of the molecule is CCCCCCCCCCCCCCOOOOC(=O)O. The van der Waals surface area contributed by atoms with Crippen molar-refractivity contribution in [1.82, 2.24) is 0 Å². The molecule has 0 spiro atoms. The number of unbranched alkanes of at least 4 members (excludes halogenated alkanes) is 11. The van der Waals surface area contributed by atoms with Crippen LogP contribution in [-0.2, 0) is 19.9 Å². The maximum atomic E-state index is 9.86. The van der Waals surface area contributed by atoms with Gasteiger partial charge in [0.15, 0.2) is 0 Å². The van der Waals surface area contributed by atoms with E-state index in [-0.39, 0.29) is 0 Å². The average molecular weight is 306 g/mol. The predicted molar refractivity (Wildman–Crippen MR) is 78.3 cm³/mol. The first-order chi connectivity index (χ1) is 10.3. The summed E-state index contributed by atoms with van der Waals surface area (Å²) in [5.41, 5.74) is 0. The molecule has 21 heavy (non-hydrogen) atoms. The third kappa shape index (κ3) is 19.1. The van der Waals surface area contributed by atoms with Crippen molar-refractivity contribution in [3.63, 3.8) is 0 Å². The standard InChI is InChI=1S/C15H30O6/c1-2-3-4-5-6-7-8-9-10-11-12-13-14-18-20-21-19-15(16)17/h2-14H2,1H3,(H,16,17). The minimum atomic E-state index is -1.58. The minimum Gasteiger partial charge on any atom is -0.448 e. The Bertz CT molecular complexity index is 222. The van der Waals surface area contributed by atoms with Crippen LogP contribution in [0.2, 0.25) is 0 Å². The van der Waals surface area contributed by atoms with Gasteiger partial charge in [0, 0.05) is 5.04 Å². The van der Waals surface area contributed by atoms with E-state index < -0.39 is 6.16 Å². The van der Waals surface area contributed by atoms with Crippen molar-refractivity contribution >= 4 is 6.16 Å². The smallest absolute Gasteiger partial charge is 0.448 e. The molecule has 0 unspecified atom stereocenters. The molecule has 6 heteroatoms. The summed E-state index contributed by atoms with van der Waals surface area (Å²) >= 11 is 0. The topological polar surface area (TPSA) is 74.2 Å². The van der Waals surface area contributed by atoms with Crippen LogP contribution >= 0.6 is 0 Å². The number of hydrogen-bond acceptors (Lipinski definition) is 5. The lowest BCUT2D eigenvalue weighted by atomic mass is 10.1. The maximum Gasteiger partial charge on any atom is 0.540 e. The van der Waals surface area contributed by atoms with Gasteiger partial charge in [-0.25, -0.2) is 14.6 Å². The predicted octanol–water partition coefficient (Wildman–Crippen LogP) is 5.18. The summed E-state index contributed by atoms with van der Waals surface area (Å²) in [6, 6.07) is 0. The van der Waals surface area contributed by atoms with Crippen molar-refractivity contribution < 1.29 is 29.8 Å². The molecule has 1 N–H and O–H groups in total. The van der Waals surface area contributed by atoms with E-state index in [0.29, 0.717) is 6.61 Å². The molecule has 126 valence electrons. The molecular formula is C15H30O6. The number of hydrogen-bond donors (Lipinski definition) is 1. The van der Waals surface area contributed by atoms with Crippen LogP contribution in [0.1, 0.15) is 84.0 Å². The van der Waals surface area contributed by atoms with E-state index in [2.05, 4.69) is 26.8 Å². The Labute approximate surface area is 127 Å². The first-order valence-electron chi connectivity index (χ1n) is 8.13. The highest BCUT2D eigenvalue weighted by Crippen LogP contribution is 2.11. The van der Waals surface area contributed by atoms with Crippen LogP contribution in [0.3, 0.4) is 0 Å². The molecule has 0 aromatic heterocycles. The lowest BCUT2D eigenvalue weighted by Gasteiger charge is -2.03. The van der Waals surface area contributed by atoms with Crippen LogP contribution < -0.4 is 0 Å². The highest BCUT2D eigenvalue weighted by Gasteiger charge is 1.98. The number of rotatable bonds is 16. The van der Waals surface area contributed by atoms with Crippen molar-refractivity contribution in [3.8, 4) is 0 Å². The second-order valence-corrected chi connectivity index (χ2v) is 5.20. The molecular weight excluding hydrogens is 276 g/mol. The van der Waals surface area contributed by atoms with Crippen molar-refractivity contribution in [2.45, 2.75) is 84.0 Å². The zero-order valence-corrected chi connectivity index (χ0v) is 13.2. The summed E-state index contributed by atoms with van der Waals surface area (Å²) in [6.45, 7) is 2.61. The van der Waals surface area contributed by atoms with Gasteiger partial charge in [-0.05, 0) is 11.5 Å². The molecule has 0 saturated heterocycles. The van der Waals surface area contributed by atoms with Crippen LogP contribution in [0.15, 0.2) is 0 Å². The van der Waals surface area contributed by atoms with E-state index in [4.69, 9.17) is 5.11 Å². The maximum absolute atomic E-state index is 9.86. The molecule has 0 heterocycles. The van der Waals surface area contributed by atoms with Crippen molar-refractivity contribution in [2.24, 2.45) is 0 Å². The van der Waals surface area contributed by atoms with Gasteiger partial charge in [0.2, 0.25) is 0 Å². The molecule has 0 rings (SSSR count). The minimum absolute atomic E-state index is 0.362. The molecule has 0 fully saturated rings. The van der Waals surface area contributed by atoms with E-state index in [1.165, 1.54) is 64.2 Å². The lowest BCUT2D eigenvalue weighted by molar-refractivity contribution is -0.618.